The Morgan fingerprint density at radius 2 is 2.29 bits per heavy atom. The van der Waals surface area contributed by atoms with E-state index in [9.17, 15) is 9.18 Å². The molecule has 5 heteroatoms. The summed E-state index contributed by atoms with van der Waals surface area (Å²) in [6.07, 6.45) is 0. The van der Waals surface area contributed by atoms with E-state index in [2.05, 4.69) is 0 Å². The first kappa shape index (κ1) is 10.5. The second kappa shape index (κ2) is 4.07. The maximum Gasteiger partial charge on any atom is 0.180 e. The smallest absolute Gasteiger partial charge is 0.180 e. The highest BCUT2D eigenvalue weighted by Gasteiger charge is 2.14. The van der Waals surface area contributed by atoms with Gasteiger partial charge in [0, 0.05) is 0 Å². The van der Waals surface area contributed by atoms with E-state index in [0.29, 0.717) is 0 Å². The van der Waals surface area contributed by atoms with Gasteiger partial charge in [0.05, 0.1) is 28.8 Å². The van der Waals surface area contributed by atoms with Crippen molar-refractivity contribution in [2.45, 2.75) is 0 Å². The molecule has 0 saturated carbocycles. The van der Waals surface area contributed by atoms with Crippen molar-refractivity contribution in [2.75, 3.05) is 11.6 Å². The summed E-state index contributed by atoms with van der Waals surface area (Å²) in [6.45, 7) is 0. The third-order valence-electron chi connectivity index (χ3n) is 1.65. The molecule has 1 rings (SSSR count). The molecule has 0 saturated heterocycles. The molecule has 2 N–H and O–H groups in total. The predicted molar refractivity (Wildman–Crippen MR) is 50.6 cm³/mol. The molecular weight excluding hydrogens is 207 g/mol. The number of alkyl halides is 1. The molecule has 72 valence electrons. The maximum absolute atomic E-state index is 13.2. The summed E-state index contributed by atoms with van der Waals surface area (Å²) in [7, 11) is 0. The van der Waals surface area contributed by atoms with Gasteiger partial charge in [0.15, 0.2) is 11.6 Å². The van der Waals surface area contributed by atoms with Crippen LogP contribution in [0, 0.1) is 17.1 Å². The van der Waals surface area contributed by atoms with Crippen molar-refractivity contribution in [3.63, 3.8) is 0 Å². The van der Waals surface area contributed by atoms with Gasteiger partial charge < -0.3 is 5.73 Å². The average molecular weight is 213 g/mol. The van der Waals surface area contributed by atoms with Gasteiger partial charge in [0.25, 0.3) is 0 Å². The summed E-state index contributed by atoms with van der Waals surface area (Å²) >= 11 is 5.27. The molecule has 3 nitrogen and oxygen atoms in total. The van der Waals surface area contributed by atoms with E-state index in [1.807, 2.05) is 0 Å². The molecule has 14 heavy (non-hydrogen) atoms. The Labute approximate surface area is 84.9 Å². The number of ketones is 1. The number of carbonyl (C=O) groups excluding carboxylic acids is 1. The van der Waals surface area contributed by atoms with Gasteiger partial charge in [-0.25, -0.2) is 4.39 Å². The summed E-state index contributed by atoms with van der Waals surface area (Å²) < 4.78 is 13.2. The van der Waals surface area contributed by atoms with Crippen molar-refractivity contribution < 1.29 is 9.18 Å². The fourth-order valence-electron chi connectivity index (χ4n) is 0.986. The molecule has 0 aliphatic carbocycles. The lowest BCUT2D eigenvalue weighted by Crippen LogP contribution is -2.07. The van der Waals surface area contributed by atoms with Gasteiger partial charge in [-0.05, 0) is 12.1 Å². The largest absolute Gasteiger partial charge is 0.396 e. The number of hydrogen-bond donors (Lipinski definition) is 1. The fraction of sp³-hybridized carbons (Fsp3) is 0.111. The van der Waals surface area contributed by atoms with Gasteiger partial charge in [-0.2, -0.15) is 5.26 Å². The molecule has 0 unspecified atom stereocenters. The number of halogens is 2. The Kier molecular flexibility index (Phi) is 3.05. The highest BCUT2D eigenvalue weighted by molar-refractivity contribution is 6.30. The number of carbonyl (C=O) groups is 1. The Balaban J connectivity index is 3.36. The van der Waals surface area contributed by atoms with Gasteiger partial charge in [-0.15, -0.1) is 11.6 Å². The van der Waals surface area contributed by atoms with Crippen molar-refractivity contribution in [3.8, 4) is 6.07 Å². The van der Waals surface area contributed by atoms with Crippen molar-refractivity contribution in [2.24, 2.45) is 0 Å². The van der Waals surface area contributed by atoms with Crippen LogP contribution in [0.5, 0.6) is 0 Å². The highest BCUT2D eigenvalue weighted by atomic mass is 35.5. The lowest BCUT2D eigenvalue weighted by atomic mass is 10.1. The zero-order valence-electron chi connectivity index (χ0n) is 7.05. The molecular formula is C9H6ClFN2O. The van der Waals surface area contributed by atoms with E-state index >= 15 is 0 Å². The molecule has 1 aromatic carbocycles. The number of hydrogen-bond acceptors (Lipinski definition) is 3. The first-order valence-corrected chi connectivity index (χ1v) is 4.22. The molecule has 0 fully saturated rings. The predicted octanol–water partition coefficient (Wildman–Crippen LogP) is 1.70. The van der Waals surface area contributed by atoms with Crippen LogP contribution in [0.2, 0.25) is 0 Å². The van der Waals surface area contributed by atoms with Crippen LogP contribution in [0.25, 0.3) is 0 Å². The summed E-state index contributed by atoms with van der Waals surface area (Å²) in [5, 5.41) is 8.56. The molecule has 0 radical (unpaired) electrons. The molecule has 0 aromatic heterocycles. The third-order valence-corrected chi connectivity index (χ3v) is 1.89. The minimum Gasteiger partial charge on any atom is -0.396 e. The minimum atomic E-state index is -0.824. The van der Waals surface area contributed by atoms with E-state index in [4.69, 9.17) is 22.6 Å². The second-order valence-corrected chi connectivity index (χ2v) is 2.86. The molecule has 1 aromatic rings. The Hall–Kier alpha value is -1.60. The fourth-order valence-corrected chi connectivity index (χ4v) is 1.13. The zero-order valence-corrected chi connectivity index (χ0v) is 7.81. The number of Topliss-reactive ketones (excluding diaryl/α,β-unsaturated/α-hetero) is 1. The van der Waals surface area contributed by atoms with E-state index < -0.39 is 11.6 Å². The number of nitrogen functional groups attached to an aromatic ring is 1. The standard InChI is InChI=1S/C9H6ClFN2O/c10-3-8(14)6-1-5(4-12)2-7(13)9(6)11/h1-2H,3,13H2. The molecule has 0 amide bonds. The summed E-state index contributed by atoms with van der Waals surface area (Å²) in [4.78, 5) is 11.1. The van der Waals surface area contributed by atoms with Crippen LogP contribution in [0.1, 0.15) is 15.9 Å². The van der Waals surface area contributed by atoms with Crippen LogP contribution in [0.4, 0.5) is 10.1 Å². The summed E-state index contributed by atoms with van der Waals surface area (Å²) in [5.41, 5.74) is 4.94. The minimum absolute atomic E-state index is 0.136. The van der Waals surface area contributed by atoms with Crippen LogP contribution in [-0.2, 0) is 0 Å². The first-order chi connectivity index (χ1) is 6.60. The summed E-state index contributed by atoms with van der Waals surface area (Å²) in [5.74, 6) is -1.76. The quantitative estimate of drug-likeness (QED) is 0.461. The molecule has 0 heterocycles. The van der Waals surface area contributed by atoms with Gasteiger partial charge >= 0.3 is 0 Å². The van der Waals surface area contributed by atoms with Crippen LogP contribution in [0.3, 0.4) is 0 Å². The number of benzene rings is 1. The van der Waals surface area contributed by atoms with Gasteiger partial charge in [-0.1, -0.05) is 0 Å². The van der Waals surface area contributed by atoms with Gasteiger partial charge in [0.2, 0.25) is 0 Å². The van der Waals surface area contributed by atoms with Crippen molar-refractivity contribution in [1.29, 1.82) is 5.26 Å². The van der Waals surface area contributed by atoms with E-state index in [1.54, 1.807) is 6.07 Å². The lowest BCUT2D eigenvalue weighted by Gasteiger charge is -2.03. The van der Waals surface area contributed by atoms with Crippen LogP contribution in [-0.4, -0.2) is 11.7 Å². The number of nitrogens with zero attached hydrogens (tertiary/aromatic N) is 1. The van der Waals surface area contributed by atoms with Crippen LogP contribution in [0.15, 0.2) is 12.1 Å². The Morgan fingerprint density at radius 1 is 1.64 bits per heavy atom. The normalized spacial score (nSPS) is 9.50. The molecule has 0 aliphatic rings. The zero-order chi connectivity index (χ0) is 10.7. The average Bonchev–Trinajstić information content (AvgIpc) is 2.20. The Morgan fingerprint density at radius 3 is 2.79 bits per heavy atom. The highest BCUT2D eigenvalue weighted by Crippen LogP contribution is 2.18. The van der Waals surface area contributed by atoms with Crippen molar-refractivity contribution in [3.05, 3.63) is 29.1 Å². The lowest BCUT2D eigenvalue weighted by molar-refractivity contribution is 0.101. The maximum atomic E-state index is 13.2. The monoisotopic (exact) mass is 212 g/mol. The van der Waals surface area contributed by atoms with Crippen molar-refractivity contribution in [1.82, 2.24) is 0 Å². The molecule has 0 bridgehead atoms. The number of nitriles is 1. The van der Waals surface area contributed by atoms with E-state index in [-0.39, 0.29) is 22.7 Å². The Bertz CT molecular complexity index is 426. The van der Waals surface area contributed by atoms with E-state index in [1.165, 1.54) is 6.07 Å². The summed E-state index contributed by atoms with van der Waals surface area (Å²) in [6, 6.07) is 4.07. The SMILES string of the molecule is N#Cc1cc(N)c(F)c(C(=O)CCl)c1. The molecule has 0 atom stereocenters. The number of anilines is 1. The van der Waals surface area contributed by atoms with Crippen LogP contribution < -0.4 is 5.73 Å². The molecule has 0 aliphatic heterocycles. The number of rotatable bonds is 2. The molecule has 0 spiro atoms. The van der Waals surface area contributed by atoms with Gasteiger partial charge in [-0.3, -0.25) is 4.79 Å². The third kappa shape index (κ3) is 1.83. The van der Waals surface area contributed by atoms with Crippen molar-refractivity contribution >= 4 is 23.1 Å². The first-order valence-electron chi connectivity index (χ1n) is 3.68. The second-order valence-electron chi connectivity index (χ2n) is 2.60. The topological polar surface area (TPSA) is 66.9 Å². The van der Waals surface area contributed by atoms with Crippen LogP contribution >= 0.6 is 11.6 Å². The number of nitrogens with two attached hydrogens (primary N) is 1. The van der Waals surface area contributed by atoms with E-state index in [0.717, 1.165) is 6.07 Å². The van der Waals surface area contributed by atoms with Gasteiger partial charge in [0.1, 0.15) is 0 Å².